The Hall–Kier alpha value is -1.06. The van der Waals surface area contributed by atoms with Crippen molar-refractivity contribution in [1.82, 2.24) is 0 Å². The summed E-state index contributed by atoms with van der Waals surface area (Å²) in [5.41, 5.74) is 1.45. The average molecular weight is 347 g/mol. The average Bonchev–Trinajstić information content (AvgIpc) is 2.64. The number of aliphatic hydroxyl groups is 1. The van der Waals surface area contributed by atoms with E-state index in [9.17, 15) is 5.11 Å². The van der Waals surface area contributed by atoms with Gasteiger partial charge in [0.2, 0.25) is 0 Å². The molecule has 3 rings (SSSR count). The lowest BCUT2D eigenvalue weighted by atomic mass is 9.84. The van der Waals surface area contributed by atoms with Crippen LogP contribution in [-0.4, -0.2) is 36.4 Å². The van der Waals surface area contributed by atoms with Crippen molar-refractivity contribution in [2.45, 2.75) is 89.3 Å². The lowest BCUT2D eigenvalue weighted by molar-refractivity contribution is -0.954. The number of quaternary nitrogens is 1. The van der Waals surface area contributed by atoms with Crippen molar-refractivity contribution in [2.75, 3.05) is 13.2 Å². The van der Waals surface area contributed by atoms with Gasteiger partial charge in [0, 0.05) is 0 Å². The van der Waals surface area contributed by atoms with E-state index in [4.69, 9.17) is 4.74 Å². The fraction of sp³-hybridized carbons (Fsp3) is 0.727. The number of hydrogen-bond donors (Lipinski definition) is 2. The summed E-state index contributed by atoms with van der Waals surface area (Å²) in [6, 6.07) is 9.89. The minimum Gasteiger partial charge on any atom is -0.491 e. The molecule has 0 bridgehead atoms. The van der Waals surface area contributed by atoms with Crippen LogP contribution in [0.25, 0.3) is 0 Å². The van der Waals surface area contributed by atoms with Gasteiger partial charge < -0.3 is 14.7 Å². The minimum atomic E-state index is -0.393. The van der Waals surface area contributed by atoms with Crippen LogP contribution in [0.5, 0.6) is 5.75 Å². The summed E-state index contributed by atoms with van der Waals surface area (Å²) < 4.78 is 5.86. The molecule has 25 heavy (non-hydrogen) atoms. The van der Waals surface area contributed by atoms with E-state index in [0.717, 1.165) is 18.2 Å². The second-order valence-corrected chi connectivity index (χ2v) is 8.38. The lowest BCUT2D eigenvalue weighted by Crippen LogP contribution is -3.20. The molecule has 0 spiro atoms. The van der Waals surface area contributed by atoms with Crippen LogP contribution in [0, 0.1) is 0 Å². The normalized spacial score (nSPS) is 27.2. The molecule has 1 saturated heterocycles. The van der Waals surface area contributed by atoms with E-state index in [1.165, 1.54) is 61.8 Å². The van der Waals surface area contributed by atoms with Crippen LogP contribution >= 0.6 is 0 Å². The van der Waals surface area contributed by atoms with E-state index >= 15 is 0 Å². The van der Waals surface area contributed by atoms with Gasteiger partial charge in [-0.2, -0.15) is 0 Å². The van der Waals surface area contributed by atoms with Crippen LogP contribution in [-0.2, 0) is 0 Å². The fourth-order valence-electron chi connectivity index (χ4n) is 4.78. The zero-order valence-corrected chi connectivity index (χ0v) is 16.0. The second-order valence-electron chi connectivity index (χ2n) is 8.38. The molecule has 3 heteroatoms. The highest BCUT2D eigenvalue weighted by molar-refractivity contribution is 5.29. The molecule has 1 heterocycles. The molecule has 0 unspecified atom stereocenters. The van der Waals surface area contributed by atoms with Gasteiger partial charge in [0.1, 0.15) is 25.0 Å². The van der Waals surface area contributed by atoms with Gasteiger partial charge in [0.05, 0.1) is 12.1 Å². The number of likely N-dealkylation sites (tertiary alicyclic amines) is 1. The largest absolute Gasteiger partial charge is 0.491 e. The zero-order valence-electron chi connectivity index (χ0n) is 16.0. The van der Waals surface area contributed by atoms with E-state index in [2.05, 4.69) is 38.1 Å². The Kier molecular flexibility index (Phi) is 6.77. The second kappa shape index (κ2) is 9.05. The summed E-state index contributed by atoms with van der Waals surface area (Å²) in [7, 11) is 0. The summed E-state index contributed by atoms with van der Waals surface area (Å²) >= 11 is 0. The molecule has 0 amide bonds. The Bertz CT molecular complexity index is 499. The summed E-state index contributed by atoms with van der Waals surface area (Å²) in [4.78, 5) is 1.54. The van der Waals surface area contributed by atoms with Crippen LogP contribution < -0.4 is 9.64 Å². The van der Waals surface area contributed by atoms with Crippen molar-refractivity contribution >= 4 is 0 Å². The first-order valence-corrected chi connectivity index (χ1v) is 10.4. The highest BCUT2D eigenvalue weighted by Gasteiger charge is 2.30. The molecule has 2 aliphatic rings. The monoisotopic (exact) mass is 346 g/mol. The fourth-order valence-corrected chi connectivity index (χ4v) is 4.78. The molecule has 3 nitrogen and oxygen atoms in total. The molecule has 1 aromatic carbocycles. The maximum Gasteiger partial charge on any atom is 0.137 e. The Morgan fingerprint density at radius 1 is 0.960 bits per heavy atom. The van der Waals surface area contributed by atoms with E-state index in [1.54, 1.807) is 0 Å². The van der Waals surface area contributed by atoms with E-state index in [1.807, 2.05) is 0 Å². The molecular formula is C22H36NO2+. The predicted molar refractivity (Wildman–Crippen MR) is 102 cm³/mol. The predicted octanol–water partition coefficient (Wildman–Crippen LogP) is 3.32. The molecule has 3 atom stereocenters. The van der Waals surface area contributed by atoms with Gasteiger partial charge in [-0.25, -0.2) is 0 Å². The maximum absolute atomic E-state index is 10.4. The van der Waals surface area contributed by atoms with Crippen LogP contribution in [0.4, 0.5) is 0 Å². The Morgan fingerprint density at radius 3 is 2.24 bits per heavy atom. The van der Waals surface area contributed by atoms with Crippen LogP contribution in [0.15, 0.2) is 24.3 Å². The third kappa shape index (κ3) is 5.21. The highest BCUT2D eigenvalue weighted by Crippen LogP contribution is 2.33. The Balaban J connectivity index is 1.46. The van der Waals surface area contributed by atoms with Crippen molar-refractivity contribution in [1.29, 1.82) is 0 Å². The van der Waals surface area contributed by atoms with E-state index in [0.29, 0.717) is 18.7 Å². The molecule has 2 N–H and O–H groups in total. The number of benzene rings is 1. The molecular weight excluding hydrogens is 310 g/mol. The molecule has 2 fully saturated rings. The van der Waals surface area contributed by atoms with Crippen LogP contribution in [0.3, 0.4) is 0 Å². The standard InChI is InChI=1S/C22H35NO2/c1-17-7-6-8-18(2)23(17)15-21(24)16-25-22-13-11-20(12-14-22)19-9-4-3-5-10-19/h11-14,17-19,21,24H,3-10,15-16H2,1-2H3/p+1/t17-,18-,21-/m0/s1. The van der Waals surface area contributed by atoms with Gasteiger partial charge in [-0.05, 0) is 69.6 Å². The van der Waals surface area contributed by atoms with Gasteiger partial charge in [0.15, 0.2) is 0 Å². The quantitative estimate of drug-likeness (QED) is 0.828. The maximum atomic E-state index is 10.4. The zero-order chi connectivity index (χ0) is 17.6. The lowest BCUT2D eigenvalue weighted by Gasteiger charge is -2.36. The van der Waals surface area contributed by atoms with Crippen molar-refractivity contribution in [3.8, 4) is 5.75 Å². The molecule has 1 aliphatic heterocycles. The first-order chi connectivity index (χ1) is 12.1. The molecule has 1 aliphatic carbocycles. The third-order valence-corrected chi connectivity index (χ3v) is 6.41. The van der Waals surface area contributed by atoms with Gasteiger partial charge in [-0.15, -0.1) is 0 Å². The van der Waals surface area contributed by atoms with Crippen LogP contribution in [0.1, 0.15) is 76.7 Å². The molecule has 140 valence electrons. The van der Waals surface area contributed by atoms with Gasteiger partial charge in [-0.1, -0.05) is 31.4 Å². The SMILES string of the molecule is C[C@H]1CCC[C@H](C)[NH+]1C[C@H](O)COc1ccc(C2CCCCC2)cc1. The van der Waals surface area contributed by atoms with E-state index < -0.39 is 6.10 Å². The van der Waals surface area contributed by atoms with Crippen molar-refractivity contribution < 1.29 is 14.7 Å². The summed E-state index contributed by atoms with van der Waals surface area (Å²) in [6.45, 7) is 5.80. The van der Waals surface area contributed by atoms with E-state index in [-0.39, 0.29) is 0 Å². The molecule has 0 radical (unpaired) electrons. The van der Waals surface area contributed by atoms with Crippen LogP contribution in [0.2, 0.25) is 0 Å². The minimum absolute atomic E-state index is 0.393. The Morgan fingerprint density at radius 2 is 1.60 bits per heavy atom. The molecule has 1 saturated carbocycles. The first-order valence-electron chi connectivity index (χ1n) is 10.4. The van der Waals surface area contributed by atoms with Crippen molar-refractivity contribution in [3.05, 3.63) is 29.8 Å². The smallest absolute Gasteiger partial charge is 0.137 e. The number of rotatable bonds is 6. The number of hydrogen-bond acceptors (Lipinski definition) is 2. The summed E-state index contributed by atoms with van der Waals surface area (Å²) in [5.74, 6) is 1.62. The number of ether oxygens (including phenoxy) is 1. The summed E-state index contributed by atoms with van der Waals surface area (Å²) in [5, 5.41) is 10.4. The third-order valence-electron chi connectivity index (χ3n) is 6.41. The van der Waals surface area contributed by atoms with Crippen molar-refractivity contribution in [3.63, 3.8) is 0 Å². The highest BCUT2D eigenvalue weighted by atomic mass is 16.5. The van der Waals surface area contributed by atoms with Gasteiger partial charge >= 0.3 is 0 Å². The Labute approximate surface area is 153 Å². The molecule has 0 aromatic heterocycles. The number of piperidine rings is 1. The topological polar surface area (TPSA) is 33.9 Å². The van der Waals surface area contributed by atoms with Crippen molar-refractivity contribution in [2.24, 2.45) is 0 Å². The first kappa shape index (κ1) is 18.7. The number of nitrogens with one attached hydrogen (secondary N) is 1. The summed E-state index contributed by atoms with van der Waals surface area (Å²) in [6.07, 6.45) is 10.3. The number of aliphatic hydroxyl groups excluding tert-OH is 1. The molecule has 1 aromatic rings. The van der Waals surface area contributed by atoms with Gasteiger partial charge in [-0.3, -0.25) is 0 Å². The van der Waals surface area contributed by atoms with Gasteiger partial charge in [0.25, 0.3) is 0 Å².